The Morgan fingerprint density at radius 1 is 1.24 bits per heavy atom. The van der Waals surface area contributed by atoms with Gasteiger partial charge >= 0.3 is 0 Å². The van der Waals surface area contributed by atoms with Crippen molar-refractivity contribution < 1.29 is 9.18 Å². The number of aromatic nitrogens is 4. The maximum absolute atomic E-state index is 13.2. The number of piperidine rings is 1. The van der Waals surface area contributed by atoms with Gasteiger partial charge in [-0.2, -0.15) is 5.10 Å². The summed E-state index contributed by atoms with van der Waals surface area (Å²) in [6.45, 7) is 4.22. The summed E-state index contributed by atoms with van der Waals surface area (Å²) in [5.74, 6) is 1.21. The van der Waals surface area contributed by atoms with Crippen molar-refractivity contribution in [3.05, 3.63) is 71.3 Å². The van der Waals surface area contributed by atoms with Gasteiger partial charge in [-0.05, 0) is 49.4 Å². The normalized spacial score (nSPS) is 16.9. The number of aryl methyl sites for hydroxylation is 2. The Hall–Kier alpha value is -2.96. The second kappa shape index (κ2) is 8.19. The fourth-order valence-corrected chi connectivity index (χ4v) is 4.08. The number of benzene rings is 1. The summed E-state index contributed by atoms with van der Waals surface area (Å²) >= 11 is 0. The molecular formula is C22H26FN5O. The molecule has 0 radical (unpaired) electrons. The molecule has 152 valence electrons. The van der Waals surface area contributed by atoms with Gasteiger partial charge < -0.3 is 9.47 Å². The van der Waals surface area contributed by atoms with Crippen LogP contribution in [-0.4, -0.2) is 43.2 Å². The van der Waals surface area contributed by atoms with Crippen molar-refractivity contribution in [3.8, 4) is 0 Å². The lowest BCUT2D eigenvalue weighted by Crippen LogP contribution is -2.41. The average Bonchev–Trinajstić information content (AvgIpc) is 3.30. The highest BCUT2D eigenvalue weighted by molar-refractivity contribution is 5.92. The number of hydrogen-bond acceptors (Lipinski definition) is 3. The maximum Gasteiger partial charge on any atom is 0.272 e. The lowest BCUT2D eigenvalue weighted by Gasteiger charge is -2.32. The molecule has 4 rings (SSSR count). The van der Waals surface area contributed by atoms with E-state index in [9.17, 15) is 9.18 Å². The number of halogens is 1. The predicted octanol–water partition coefficient (Wildman–Crippen LogP) is 3.21. The van der Waals surface area contributed by atoms with Crippen molar-refractivity contribution >= 4 is 5.91 Å². The molecule has 0 aliphatic carbocycles. The fraction of sp³-hybridized carbons (Fsp3) is 0.409. The highest BCUT2D eigenvalue weighted by Crippen LogP contribution is 2.23. The summed E-state index contributed by atoms with van der Waals surface area (Å²) in [6, 6.07) is 8.38. The van der Waals surface area contributed by atoms with Gasteiger partial charge in [-0.3, -0.25) is 9.48 Å². The zero-order chi connectivity index (χ0) is 20.4. The molecular weight excluding hydrogens is 369 g/mol. The summed E-state index contributed by atoms with van der Waals surface area (Å²) in [7, 11) is 1.80. The zero-order valence-corrected chi connectivity index (χ0v) is 16.9. The highest BCUT2D eigenvalue weighted by Gasteiger charge is 2.27. The summed E-state index contributed by atoms with van der Waals surface area (Å²) in [5, 5.41) is 4.11. The van der Waals surface area contributed by atoms with Crippen molar-refractivity contribution in [2.75, 3.05) is 13.1 Å². The Balaban J connectivity index is 1.46. The van der Waals surface area contributed by atoms with Crippen molar-refractivity contribution in [1.82, 2.24) is 24.2 Å². The smallest absolute Gasteiger partial charge is 0.272 e. The second-order valence-corrected chi connectivity index (χ2v) is 7.83. The Labute approximate surface area is 170 Å². The largest absolute Gasteiger partial charge is 0.337 e. The van der Waals surface area contributed by atoms with Crippen LogP contribution in [0, 0.1) is 18.7 Å². The van der Waals surface area contributed by atoms with E-state index in [1.807, 2.05) is 30.2 Å². The first-order chi connectivity index (χ1) is 14.0. The first kappa shape index (κ1) is 19.4. The third-order valence-corrected chi connectivity index (χ3v) is 5.71. The molecule has 1 fully saturated rings. The molecule has 0 spiro atoms. The van der Waals surface area contributed by atoms with Crippen LogP contribution in [-0.2, 0) is 20.0 Å². The Morgan fingerprint density at radius 3 is 2.76 bits per heavy atom. The number of likely N-dealkylation sites (tertiary alicyclic amines) is 1. The van der Waals surface area contributed by atoms with Gasteiger partial charge in [-0.1, -0.05) is 12.1 Å². The SMILES string of the molecule is Cc1cnc(CC2CCCN(C(=O)c3ccnn3C)C2)n1Cc1ccc(F)cc1. The fourth-order valence-electron chi connectivity index (χ4n) is 4.08. The number of rotatable bonds is 5. The van der Waals surface area contributed by atoms with Crippen LogP contribution in [0.5, 0.6) is 0 Å². The van der Waals surface area contributed by atoms with Gasteiger partial charge in [0.05, 0.1) is 0 Å². The van der Waals surface area contributed by atoms with Crippen LogP contribution in [0.2, 0.25) is 0 Å². The molecule has 1 aliphatic heterocycles. The minimum atomic E-state index is -0.225. The van der Waals surface area contributed by atoms with E-state index in [-0.39, 0.29) is 11.7 Å². The van der Waals surface area contributed by atoms with E-state index in [0.717, 1.165) is 49.4 Å². The van der Waals surface area contributed by atoms with Crippen LogP contribution in [0.15, 0.2) is 42.7 Å². The van der Waals surface area contributed by atoms with Crippen LogP contribution in [0.25, 0.3) is 0 Å². The van der Waals surface area contributed by atoms with Crippen LogP contribution in [0.3, 0.4) is 0 Å². The van der Waals surface area contributed by atoms with Gasteiger partial charge in [-0.25, -0.2) is 9.37 Å². The number of carbonyl (C=O) groups excluding carboxylic acids is 1. The molecule has 3 aromatic rings. The van der Waals surface area contributed by atoms with Crippen molar-refractivity contribution in [2.45, 2.75) is 32.7 Å². The van der Waals surface area contributed by atoms with E-state index in [4.69, 9.17) is 0 Å². The van der Waals surface area contributed by atoms with Gasteiger partial charge in [0.2, 0.25) is 0 Å². The van der Waals surface area contributed by atoms with Crippen molar-refractivity contribution in [2.24, 2.45) is 13.0 Å². The van der Waals surface area contributed by atoms with E-state index in [1.54, 1.807) is 24.0 Å². The lowest BCUT2D eigenvalue weighted by molar-refractivity contribution is 0.0660. The molecule has 1 saturated heterocycles. The number of carbonyl (C=O) groups is 1. The van der Waals surface area contributed by atoms with E-state index >= 15 is 0 Å². The molecule has 1 unspecified atom stereocenters. The lowest BCUT2D eigenvalue weighted by atomic mass is 9.94. The average molecular weight is 395 g/mol. The first-order valence-corrected chi connectivity index (χ1v) is 10.0. The molecule has 0 bridgehead atoms. The topological polar surface area (TPSA) is 56.0 Å². The molecule has 1 amide bonds. The minimum absolute atomic E-state index is 0.0422. The predicted molar refractivity (Wildman–Crippen MR) is 108 cm³/mol. The second-order valence-electron chi connectivity index (χ2n) is 7.83. The third kappa shape index (κ3) is 4.23. The molecule has 7 heteroatoms. The molecule has 1 atom stereocenters. The Kier molecular flexibility index (Phi) is 5.47. The van der Waals surface area contributed by atoms with Gasteiger partial charge in [0.1, 0.15) is 17.3 Å². The van der Waals surface area contributed by atoms with Gasteiger partial charge in [0, 0.05) is 51.2 Å². The molecule has 1 aromatic carbocycles. The monoisotopic (exact) mass is 395 g/mol. The van der Waals surface area contributed by atoms with Gasteiger partial charge in [-0.15, -0.1) is 0 Å². The van der Waals surface area contributed by atoms with Crippen LogP contribution in [0.1, 0.15) is 40.4 Å². The Morgan fingerprint density at radius 2 is 2.03 bits per heavy atom. The summed E-state index contributed by atoms with van der Waals surface area (Å²) in [5.41, 5.74) is 2.76. The maximum atomic E-state index is 13.2. The summed E-state index contributed by atoms with van der Waals surface area (Å²) < 4.78 is 17.0. The first-order valence-electron chi connectivity index (χ1n) is 10.0. The van der Waals surface area contributed by atoms with E-state index in [2.05, 4.69) is 14.6 Å². The summed E-state index contributed by atoms with van der Waals surface area (Å²) in [4.78, 5) is 19.4. The third-order valence-electron chi connectivity index (χ3n) is 5.71. The number of nitrogens with zero attached hydrogens (tertiary/aromatic N) is 5. The molecule has 0 saturated carbocycles. The highest BCUT2D eigenvalue weighted by atomic mass is 19.1. The quantitative estimate of drug-likeness (QED) is 0.667. The minimum Gasteiger partial charge on any atom is -0.337 e. The summed E-state index contributed by atoms with van der Waals surface area (Å²) in [6.07, 6.45) is 6.44. The van der Waals surface area contributed by atoms with Gasteiger partial charge in [0.25, 0.3) is 5.91 Å². The molecule has 3 heterocycles. The van der Waals surface area contributed by atoms with E-state index in [1.165, 1.54) is 12.1 Å². The number of amides is 1. The van der Waals surface area contributed by atoms with E-state index < -0.39 is 0 Å². The van der Waals surface area contributed by atoms with Crippen molar-refractivity contribution in [1.29, 1.82) is 0 Å². The Bertz CT molecular complexity index is 991. The number of hydrogen-bond donors (Lipinski definition) is 0. The molecule has 29 heavy (non-hydrogen) atoms. The molecule has 2 aromatic heterocycles. The van der Waals surface area contributed by atoms with Crippen LogP contribution < -0.4 is 0 Å². The molecule has 1 aliphatic rings. The van der Waals surface area contributed by atoms with Crippen LogP contribution >= 0.6 is 0 Å². The zero-order valence-electron chi connectivity index (χ0n) is 16.9. The van der Waals surface area contributed by atoms with Crippen molar-refractivity contribution in [3.63, 3.8) is 0 Å². The standard InChI is InChI=1S/C22H26FN5O/c1-16-13-24-21(28(16)15-17-5-7-19(23)8-6-17)12-18-4-3-11-27(14-18)22(29)20-9-10-25-26(20)2/h5-10,13,18H,3-4,11-12,14-15H2,1-2H3. The van der Waals surface area contributed by atoms with Crippen LogP contribution in [0.4, 0.5) is 4.39 Å². The number of imidazole rings is 1. The van der Waals surface area contributed by atoms with Gasteiger partial charge in [0.15, 0.2) is 0 Å². The van der Waals surface area contributed by atoms with E-state index in [0.29, 0.717) is 18.2 Å². The molecule has 6 nitrogen and oxygen atoms in total. The molecule has 0 N–H and O–H groups in total.